The van der Waals surface area contributed by atoms with Gasteiger partial charge in [0.15, 0.2) is 11.6 Å². The van der Waals surface area contributed by atoms with Crippen molar-refractivity contribution in [1.82, 2.24) is 14.9 Å². The van der Waals surface area contributed by atoms with Crippen LogP contribution in [0.2, 0.25) is 0 Å². The van der Waals surface area contributed by atoms with Gasteiger partial charge in [-0.15, -0.1) is 0 Å². The predicted molar refractivity (Wildman–Crippen MR) is 105 cm³/mol. The van der Waals surface area contributed by atoms with Gasteiger partial charge in [-0.1, -0.05) is 22.0 Å². The van der Waals surface area contributed by atoms with E-state index in [0.717, 1.165) is 22.5 Å². The molecule has 1 unspecified atom stereocenters. The normalized spacial score (nSPS) is 12.5. The zero-order valence-electron chi connectivity index (χ0n) is 15.4. The van der Waals surface area contributed by atoms with Crippen LogP contribution in [-0.4, -0.2) is 45.2 Å². The van der Waals surface area contributed by atoms with Gasteiger partial charge in [0.25, 0.3) is 0 Å². The average molecular weight is 490 g/mol. The fourth-order valence-electron chi connectivity index (χ4n) is 2.42. The van der Waals surface area contributed by atoms with Crippen molar-refractivity contribution in [3.05, 3.63) is 64.1 Å². The molecule has 0 bridgehead atoms. The van der Waals surface area contributed by atoms with Crippen molar-refractivity contribution in [1.29, 1.82) is 0 Å². The molecule has 0 spiro atoms. The third-order valence-corrected chi connectivity index (χ3v) is 6.33. The Morgan fingerprint density at radius 3 is 2.28 bits per heavy atom. The number of nitrogens with zero attached hydrogens (tertiary/aromatic N) is 1. The zero-order chi connectivity index (χ0) is 21.8. The summed E-state index contributed by atoms with van der Waals surface area (Å²) in [5.74, 6) is -3.76. The summed E-state index contributed by atoms with van der Waals surface area (Å²) in [4.78, 5) is 24.5. The summed E-state index contributed by atoms with van der Waals surface area (Å²) in [5.41, 5.74) is 0.00928. The number of hydrogen-bond acceptors (Lipinski definition) is 4. The number of nitrogens with one attached hydrogen (secondary N) is 2. The molecule has 0 aliphatic carbocycles. The van der Waals surface area contributed by atoms with Gasteiger partial charge in [0.1, 0.15) is 6.04 Å². The van der Waals surface area contributed by atoms with Gasteiger partial charge in [-0.25, -0.2) is 17.2 Å². The maximum atomic E-state index is 13.5. The lowest BCUT2D eigenvalue weighted by atomic mass is 10.1. The van der Waals surface area contributed by atoms with Gasteiger partial charge in [-0.2, -0.15) is 4.31 Å². The lowest BCUT2D eigenvalue weighted by Gasteiger charge is -2.21. The molecule has 0 aliphatic rings. The molecular formula is C18H18BrF2N3O4S. The number of carbonyl (C=O) groups is 2. The molecule has 2 aromatic rings. The number of amides is 2. The maximum absolute atomic E-state index is 13.5. The van der Waals surface area contributed by atoms with Gasteiger partial charge in [-0.05, 0) is 42.0 Å². The highest BCUT2D eigenvalue weighted by molar-refractivity contribution is 9.10. The van der Waals surface area contributed by atoms with Crippen LogP contribution in [0.5, 0.6) is 0 Å². The SMILES string of the molecule is CNC(=O)C(NC(=O)CN(C)S(=O)(=O)c1ccc(Br)cc1)c1ccc(F)c(F)c1. The Labute approximate surface area is 175 Å². The van der Waals surface area contributed by atoms with Crippen molar-refractivity contribution < 1.29 is 26.8 Å². The molecule has 1 atom stereocenters. The fourth-order valence-corrected chi connectivity index (χ4v) is 3.81. The van der Waals surface area contributed by atoms with Crippen LogP contribution in [0.25, 0.3) is 0 Å². The van der Waals surface area contributed by atoms with Crippen molar-refractivity contribution in [2.24, 2.45) is 0 Å². The summed E-state index contributed by atoms with van der Waals surface area (Å²) >= 11 is 3.21. The van der Waals surface area contributed by atoms with Crippen LogP contribution < -0.4 is 10.6 Å². The Balaban J connectivity index is 2.18. The van der Waals surface area contributed by atoms with Crippen molar-refractivity contribution in [3.63, 3.8) is 0 Å². The highest BCUT2D eigenvalue weighted by Crippen LogP contribution is 2.19. The molecule has 156 valence electrons. The zero-order valence-corrected chi connectivity index (χ0v) is 17.9. The number of carbonyl (C=O) groups excluding carboxylic acids is 2. The Morgan fingerprint density at radius 1 is 1.10 bits per heavy atom. The molecule has 2 amide bonds. The Hall–Kier alpha value is -2.37. The Morgan fingerprint density at radius 2 is 1.72 bits per heavy atom. The molecule has 0 saturated heterocycles. The summed E-state index contributed by atoms with van der Waals surface area (Å²) in [6.45, 7) is -0.588. The average Bonchev–Trinajstić information content (AvgIpc) is 2.68. The molecule has 7 nitrogen and oxygen atoms in total. The molecule has 0 fully saturated rings. The number of likely N-dealkylation sites (N-methyl/N-ethyl adjacent to an activating group) is 2. The summed E-state index contributed by atoms with van der Waals surface area (Å²) in [5, 5.41) is 4.65. The first-order valence-electron chi connectivity index (χ1n) is 8.24. The van der Waals surface area contributed by atoms with E-state index in [1.54, 1.807) is 12.1 Å². The monoisotopic (exact) mass is 489 g/mol. The van der Waals surface area contributed by atoms with E-state index in [1.165, 1.54) is 26.2 Å². The number of halogens is 3. The third-order valence-electron chi connectivity index (χ3n) is 3.98. The largest absolute Gasteiger partial charge is 0.357 e. The van der Waals surface area contributed by atoms with E-state index in [4.69, 9.17) is 0 Å². The molecule has 0 aromatic heterocycles. The first-order valence-corrected chi connectivity index (χ1v) is 10.5. The van der Waals surface area contributed by atoms with Crippen LogP contribution >= 0.6 is 15.9 Å². The van der Waals surface area contributed by atoms with Crippen molar-refractivity contribution in [3.8, 4) is 0 Å². The van der Waals surface area contributed by atoms with E-state index in [-0.39, 0.29) is 10.5 Å². The van der Waals surface area contributed by atoms with E-state index in [1.807, 2.05) is 0 Å². The van der Waals surface area contributed by atoms with Gasteiger partial charge in [0.2, 0.25) is 21.8 Å². The summed E-state index contributed by atoms with van der Waals surface area (Å²) in [6, 6.07) is 7.30. The molecule has 2 N–H and O–H groups in total. The first kappa shape index (κ1) is 22.9. The van der Waals surface area contributed by atoms with Crippen molar-refractivity contribution >= 4 is 37.8 Å². The van der Waals surface area contributed by atoms with E-state index >= 15 is 0 Å². The molecular weight excluding hydrogens is 472 g/mol. The van der Waals surface area contributed by atoms with Crippen LogP contribution in [0.15, 0.2) is 51.8 Å². The van der Waals surface area contributed by atoms with E-state index in [2.05, 4.69) is 26.6 Å². The summed E-state index contributed by atoms with van der Waals surface area (Å²) in [7, 11) is -1.43. The molecule has 29 heavy (non-hydrogen) atoms. The van der Waals surface area contributed by atoms with Gasteiger partial charge < -0.3 is 10.6 Å². The molecule has 0 heterocycles. The van der Waals surface area contributed by atoms with Gasteiger partial charge in [-0.3, -0.25) is 9.59 Å². The minimum absolute atomic E-state index is 0.00928. The standard InChI is InChI=1S/C18H18BrF2N3O4S/c1-22-18(26)17(11-3-8-14(20)15(21)9-11)23-16(25)10-24(2)29(27,28)13-6-4-12(19)5-7-13/h3-9,17H,10H2,1-2H3,(H,22,26)(H,23,25). The molecule has 0 aliphatic heterocycles. The number of benzene rings is 2. The minimum Gasteiger partial charge on any atom is -0.357 e. The quantitative estimate of drug-likeness (QED) is 0.621. The Bertz CT molecular complexity index is 1020. The molecule has 11 heteroatoms. The van der Waals surface area contributed by atoms with E-state index in [0.29, 0.717) is 4.47 Å². The lowest BCUT2D eigenvalue weighted by molar-refractivity contribution is -0.128. The second kappa shape index (κ2) is 9.42. The van der Waals surface area contributed by atoms with Gasteiger partial charge >= 0.3 is 0 Å². The third kappa shape index (κ3) is 5.58. The number of hydrogen-bond donors (Lipinski definition) is 2. The predicted octanol–water partition coefficient (Wildman–Crippen LogP) is 1.95. The number of rotatable bonds is 7. The van der Waals surface area contributed by atoms with E-state index in [9.17, 15) is 26.8 Å². The van der Waals surface area contributed by atoms with Crippen molar-refractivity contribution in [2.75, 3.05) is 20.6 Å². The van der Waals surface area contributed by atoms with Gasteiger partial charge in [0, 0.05) is 18.6 Å². The first-order chi connectivity index (χ1) is 13.6. The maximum Gasteiger partial charge on any atom is 0.246 e. The fraction of sp³-hybridized carbons (Fsp3) is 0.222. The molecule has 0 saturated carbocycles. The van der Waals surface area contributed by atoms with Gasteiger partial charge in [0.05, 0.1) is 11.4 Å². The second-order valence-corrected chi connectivity index (χ2v) is 8.96. The van der Waals surface area contributed by atoms with Crippen LogP contribution in [0, 0.1) is 11.6 Å². The molecule has 0 radical (unpaired) electrons. The summed E-state index contributed by atoms with van der Waals surface area (Å²) < 4.78 is 53.3. The number of sulfonamides is 1. The topological polar surface area (TPSA) is 95.6 Å². The Kier molecular flexibility index (Phi) is 7.44. The second-order valence-electron chi connectivity index (χ2n) is 6.00. The van der Waals surface area contributed by atoms with Crippen LogP contribution in [-0.2, 0) is 19.6 Å². The van der Waals surface area contributed by atoms with Crippen molar-refractivity contribution in [2.45, 2.75) is 10.9 Å². The molecule has 2 rings (SSSR count). The summed E-state index contributed by atoms with van der Waals surface area (Å²) in [6.07, 6.45) is 0. The highest BCUT2D eigenvalue weighted by atomic mass is 79.9. The van der Waals surface area contributed by atoms with Crippen LogP contribution in [0.1, 0.15) is 11.6 Å². The van der Waals surface area contributed by atoms with Crippen LogP contribution in [0.4, 0.5) is 8.78 Å². The smallest absolute Gasteiger partial charge is 0.246 e. The lowest BCUT2D eigenvalue weighted by Crippen LogP contribution is -2.44. The highest BCUT2D eigenvalue weighted by Gasteiger charge is 2.27. The van der Waals surface area contributed by atoms with E-state index < -0.39 is 46.1 Å². The van der Waals surface area contributed by atoms with Crippen LogP contribution in [0.3, 0.4) is 0 Å². The molecule has 2 aromatic carbocycles. The minimum atomic E-state index is -3.95.